The van der Waals surface area contributed by atoms with E-state index in [4.69, 9.17) is 8.94 Å². The summed E-state index contributed by atoms with van der Waals surface area (Å²) in [7, 11) is -3.69. The van der Waals surface area contributed by atoms with Crippen molar-refractivity contribution in [3.8, 4) is 11.4 Å². The number of piperidine rings is 1. The molecule has 3 heterocycles. The Morgan fingerprint density at radius 2 is 2.03 bits per heavy atom. The molecule has 0 spiro atoms. The van der Waals surface area contributed by atoms with Crippen LogP contribution >= 0.6 is 0 Å². The third-order valence-corrected chi connectivity index (χ3v) is 7.24. The summed E-state index contributed by atoms with van der Waals surface area (Å²) in [6.45, 7) is 2.80. The first-order valence-corrected chi connectivity index (χ1v) is 11.6. The van der Waals surface area contributed by atoms with E-state index >= 15 is 0 Å². The number of aryl methyl sites for hydroxylation is 1. The summed E-state index contributed by atoms with van der Waals surface area (Å²) < 4.78 is 38.0. The Labute approximate surface area is 180 Å². The van der Waals surface area contributed by atoms with Crippen molar-refractivity contribution < 1.29 is 22.2 Å². The summed E-state index contributed by atoms with van der Waals surface area (Å²) in [6, 6.07) is 10.1. The number of nitrogens with one attached hydrogen (secondary N) is 1. The van der Waals surface area contributed by atoms with E-state index in [0.29, 0.717) is 48.8 Å². The van der Waals surface area contributed by atoms with Gasteiger partial charge in [-0.2, -0.15) is 9.29 Å². The number of carbonyl (C=O) groups excluding carboxylic acids is 1. The minimum atomic E-state index is -3.69. The number of nitrogens with zero attached hydrogens (tertiary/aromatic N) is 3. The van der Waals surface area contributed by atoms with E-state index in [0.717, 1.165) is 0 Å². The molecule has 0 unspecified atom stereocenters. The maximum atomic E-state index is 13.1. The third-order valence-electron chi connectivity index (χ3n) is 5.34. The quantitative estimate of drug-likeness (QED) is 0.595. The van der Waals surface area contributed by atoms with Crippen molar-refractivity contribution in [3.05, 3.63) is 54.3 Å². The Balaban J connectivity index is 1.40. The lowest BCUT2D eigenvalue weighted by atomic mass is 9.97. The van der Waals surface area contributed by atoms with Gasteiger partial charge >= 0.3 is 0 Å². The van der Waals surface area contributed by atoms with Crippen molar-refractivity contribution >= 4 is 15.9 Å². The predicted molar refractivity (Wildman–Crippen MR) is 111 cm³/mol. The van der Waals surface area contributed by atoms with Gasteiger partial charge in [0.25, 0.3) is 0 Å². The zero-order valence-electron chi connectivity index (χ0n) is 17.2. The molecule has 9 nitrogen and oxygen atoms in total. The molecule has 0 aliphatic carbocycles. The number of hydrogen-bond acceptors (Lipinski definition) is 7. The van der Waals surface area contributed by atoms with Crippen molar-refractivity contribution in [1.82, 2.24) is 19.8 Å². The van der Waals surface area contributed by atoms with Crippen molar-refractivity contribution in [2.24, 2.45) is 5.92 Å². The number of aromatic nitrogens is 2. The van der Waals surface area contributed by atoms with Crippen molar-refractivity contribution in [3.63, 3.8) is 0 Å². The molecule has 1 aliphatic rings. The topological polar surface area (TPSA) is 119 Å². The van der Waals surface area contributed by atoms with Gasteiger partial charge in [0.15, 0.2) is 0 Å². The van der Waals surface area contributed by atoms with Crippen LogP contribution in [-0.2, 0) is 27.8 Å². The molecule has 10 heteroatoms. The SMILES string of the molecule is CCc1nc(-c2cccc(S(=O)(=O)N3CCC(C(=O)NCc4ccco4)CC3)c2)no1. The van der Waals surface area contributed by atoms with Crippen LogP contribution in [0.3, 0.4) is 0 Å². The van der Waals surface area contributed by atoms with Crippen LogP contribution in [0.15, 0.2) is 56.5 Å². The minimum absolute atomic E-state index is 0.0840. The van der Waals surface area contributed by atoms with Gasteiger partial charge in [0, 0.05) is 31.0 Å². The molecule has 1 fully saturated rings. The van der Waals surface area contributed by atoms with E-state index in [-0.39, 0.29) is 29.8 Å². The first kappa shape index (κ1) is 21.3. The predicted octanol–water partition coefficient (Wildman–Crippen LogP) is 2.61. The molecule has 1 aliphatic heterocycles. The van der Waals surface area contributed by atoms with Gasteiger partial charge in [-0.15, -0.1) is 0 Å². The van der Waals surface area contributed by atoms with Crippen molar-refractivity contribution in [2.45, 2.75) is 37.6 Å². The molecular formula is C21H24N4O5S. The summed E-state index contributed by atoms with van der Waals surface area (Å²) in [5.41, 5.74) is 0.580. The molecule has 0 radical (unpaired) electrons. The van der Waals surface area contributed by atoms with E-state index in [9.17, 15) is 13.2 Å². The van der Waals surface area contributed by atoms with E-state index in [1.807, 2.05) is 6.92 Å². The van der Waals surface area contributed by atoms with Crippen LogP contribution in [0.5, 0.6) is 0 Å². The van der Waals surface area contributed by atoms with Gasteiger partial charge in [-0.25, -0.2) is 8.42 Å². The van der Waals surface area contributed by atoms with Crippen molar-refractivity contribution in [1.29, 1.82) is 0 Å². The lowest BCUT2D eigenvalue weighted by Crippen LogP contribution is -2.42. The standard InChI is InChI=1S/C21H24N4O5S/c1-2-19-23-20(24-30-19)16-5-3-7-18(13-16)31(27,28)25-10-8-15(9-11-25)21(26)22-14-17-6-4-12-29-17/h3-7,12-13,15H,2,8-11,14H2,1H3,(H,22,26). The summed E-state index contributed by atoms with van der Waals surface area (Å²) in [5, 5.41) is 6.76. The van der Waals surface area contributed by atoms with E-state index < -0.39 is 10.0 Å². The number of sulfonamides is 1. The van der Waals surface area contributed by atoms with Crippen molar-refractivity contribution in [2.75, 3.05) is 13.1 Å². The molecule has 1 saturated heterocycles. The van der Waals surface area contributed by atoms with Crippen LogP contribution in [0.1, 0.15) is 31.4 Å². The minimum Gasteiger partial charge on any atom is -0.467 e. The molecule has 0 saturated carbocycles. The lowest BCUT2D eigenvalue weighted by Gasteiger charge is -2.30. The third kappa shape index (κ3) is 4.70. The van der Waals surface area contributed by atoms with Gasteiger partial charge in [0.05, 0.1) is 17.7 Å². The van der Waals surface area contributed by atoms with Gasteiger partial charge in [-0.3, -0.25) is 4.79 Å². The Hall–Kier alpha value is -2.98. The number of benzene rings is 1. The number of furan rings is 1. The maximum Gasteiger partial charge on any atom is 0.243 e. The zero-order valence-corrected chi connectivity index (χ0v) is 18.0. The largest absolute Gasteiger partial charge is 0.467 e. The van der Waals surface area contributed by atoms with Gasteiger partial charge in [-0.05, 0) is 37.1 Å². The number of amides is 1. The molecule has 2 aromatic heterocycles. The van der Waals surface area contributed by atoms with Crippen LogP contribution in [0.2, 0.25) is 0 Å². The van der Waals surface area contributed by atoms with Gasteiger partial charge in [-0.1, -0.05) is 24.2 Å². The molecule has 3 aromatic rings. The maximum absolute atomic E-state index is 13.1. The summed E-state index contributed by atoms with van der Waals surface area (Å²) in [4.78, 5) is 16.8. The molecular weight excluding hydrogens is 420 g/mol. The zero-order chi connectivity index (χ0) is 21.8. The number of carbonyl (C=O) groups is 1. The van der Waals surface area contributed by atoms with Gasteiger partial charge in [0.2, 0.25) is 27.6 Å². The average molecular weight is 445 g/mol. The molecule has 4 rings (SSSR count). The second kappa shape index (κ2) is 9.03. The van der Waals surface area contributed by atoms with Crippen LogP contribution in [0.4, 0.5) is 0 Å². The van der Waals surface area contributed by atoms with E-state index in [1.165, 1.54) is 4.31 Å². The Morgan fingerprint density at radius 3 is 2.71 bits per heavy atom. The Bertz CT molecular complexity index is 1130. The molecule has 1 N–H and O–H groups in total. The first-order valence-electron chi connectivity index (χ1n) is 10.2. The summed E-state index contributed by atoms with van der Waals surface area (Å²) >= 11 is 0. The molecule has 0 atom stereocenters. The molecule has 0 bridgehead atoms. The summed E-state index contributed by atoms with van der Waals surface area (Å²) in [5.74, 6) is 1.23. The first-order chi connectivity index (χ1) is 15.0. The van der Waals surface area contributed by atoms with Gasteiger partial charge in [0.1, 0.15) is 5.76 Å². The Kier molecular flexibility index (Phi) is 6.19. The highest BCUT2D eigenvalue weighted by molar-refractivity contribution is 7.89. The van der Waals surface area contributed by atoms with Crippen LogP contribution < -0.4 is 5.32 Å². The monoisotopic (exact) mass is 444 g/mol. The van der Waals surface area contributed by atoms with E-state index in [2.05, 4.69) is 15.5 Å². The highest BCUT2D eigenvalue weighted by Crippen LogP contribution is 2.26. The fourth-order valence-electron chi connectivity index (χ4n) is 3.55. The molecule has 1 aromatic carbocycles. The smallest absolute Gasteiger partial charge is 0.243 e. The molecule has 31 heavy (non-hydrogen) atoms. The van der Waals surface area contributed by atoms with E-state index in [1.54, 1.807) is 42.7 Å². The number of rotatable bonds is 7. The van der Waals surface area contributed by atoms with Crippen LogP contribution in [0.25, 0.3) is 11.4 Å². The normalized spacial score (nSPS) is 15.8. The highest BCUT2D eigenvalue weighted by Gasteiger charge is 2.32. The fourth-order valence-corrected chi connectivity index (χ4v) is 5.07. The average Bonchev–Trinajstić information content (AvgIpc) is 3.50. The fraction of sp³-hybridized carbons (Fsp3) is 0.381. The lowest BCUT2D eigenvalue weighted by molar-refractivity contribution is -0.126. The molecule has 164 valence electrons. The second-order valence-corrected chi connectivity index (χ2v) is 9.31. The highest BCUT2D eigenvalue weighted by atomic mass is 32.2. The van der Waals surface area contributed by atoms with Crippen LogP contribution in [0, 0.1) is 5.92 Å². The summed E-state index contributed by atoms with van der Waals surface area (Å²) in [6.07, 6.45) is 3.09. The Morgan fingerprint density at radius 1 is 1.23 bits per heavy atom. The van der Waals surface area contributed by atoms with Crippen LogP contribution in [-0.4, -0.2) is 41.9 Å². The number of hydrogen-bond donors (Lipinski definition) is 1. The second-order valence-electron chi connectivity index (χ2n) is 7.37. The van der Waals surface area contributed by atoms with Gasteiger partial charge < -0.3 is 14.3 Å². The molecule has 1 amide bonds.